The zero-order valence-corrected chi connectivity index (χ0v) is 12.2. The van der Waals surface area contributed by atoms with E-state index < -0.39 is 6.04 Å². The molecule has 106 valence electrons. The number of hydrogen-bond donors (Lipinski definition) is 1. The number of hydrogen-bond acceptors (Lipinski definition) is 3. The number of benzene rings is 1. The molecule has 0 aliphatic rings. The van der Waals surface area contributed by atoms with Gasteiger partial charge in [-0.2, -0.15) is 0 Å². The molecule has 0 radical (unpaired) electrons. The van der Waals surface area contributed by atoms with Crippen LogP contribution in [-0.4, -0.2) is 12.0 Å². The van der Waals surface area contributed by atoms with E-state index in [1.54, 1.807) is 0 Å². The van der Waals surface area contributed by atoms with Crippen LogP contribution in [0.5, 0.6) is 0 Å². The summed E-state index contributed by atoms with van der Waals surface area (Å²) in [7, 11) is 0. The van der Waals surface area contributed by atoms with E-state index in [1.807, 2.05) is 30.3 Å². The maximum atomic E-state index is 11.7. The lowest BCUT2D eigenvalue weighted by Gasteiger charge is -2.19. The van der Waals surface area contributed by atoms with Crippen LogP contribution in [0.1, 0.15) is 45.6 Å². The molecule has 0 amide bonds. The molecule has 0 saturated carbocycles. The Balaban J connectivity index is 2.25. The first-order valence-electron chi connectivity index (χ1n) is 6.84. The molecule has 0 aliphatic carbocycles. The van der Waals surface area contributed by atoms with Crippen LogP contribution in [-0.2, 0) is 16.1 Å². The van der Waals surface area contributed by atoms with Crippen molar-refractivity contribution in [1.82, 2.24) is 0 Å². The van der Waals surface area contributed by atoms with E-state index in [2.05, 4.69) is 20.8 Å². The van der Waals surface area contributed by atoms with E-state index in [1.165, 1.54) is 0 Å². The summed E-state index contributed by atoms with van der Waals surface area (Å²) in [6.07, 6.45) is 2.70. The summed E-state index contributed by atoms with van der Waals surface area (Å²) in [5.41, 5.74) is 7.11. The highest BCUT2D eigenvalue weighted by Gasteiger charge is 2.17. The monoisotopic (exact) mass is 263 g/mol. The summed E-state index contributed by atoms with van der Waals surface area (Å²) in [4.78, 5) is 11.7. The van der Waals surface area contributed by atoms with Crippen LogP contribution in [0.3, 0.4) is 0 Å². The molecule has 0 unspecified atom stereocenters. The van der Waals surface area contributed by atoms with Crippen molar-refractivity contribution >= 4 is 5.97 Å². The number of carbonyl (C=O) groups is 1. The van der Waals surface area contributed by atoms with Gasteiger partial charge in [0, 0.05) is 0 Å². The summed E-state index contributed by atoms with van der Waals surface area (Å²) >= 11 is 0. The molecular formula is C16H25NO2. The van der Waals surface area contributed by atoms with E-state index in [0.717, 1.165) is 18.4 Å². The van der Waals surface area contributed by atoms with E-state index in [9.17, 15) is 4.79 Å². The minimum atomic E-state index is -0.508. The van der Waals surface area contributed by atoms with Gasteiger partial charge in [0.15, 0.2) is 0 Å². The van der Waals surface area contributed by atoms with Crippen LogP contribution in [0.15, 0.2) is 30.3 Å². The second kappa shape index (κ2) is 7.29. The third-order valence-corrected chi connectivity index (χ3v) is 2.97. The Labute approximate surface area is 116 Å². The van der Waals surface area contributed by atoms with Crippen LogP contribution >= 0.6 is 0 Å². The molecule has 1 aromatic carbocycles. The molecular weight excluding hydrogens is 238 g/mol. The first kappa shape index (κ1) is 15.7. The van der Waals surface area contributed by atoms with Crippen LogP contribution < -0.4 is 5.73 Å². The first-order chi connectivity index (χ1) is 8.88. The summed E-state index contributed by atoms with van der Waals surface area (Å²) in [6, 6.07) is 9.13. The highest BCUT2D eigenvalue weighted by Crippen LogP contribution is 2.21. The van der Waals surface area contributed by atoms with Gasteiger partial charge in [0.2, 0.25) is 0 Å². The van der Waals surface area contributed by atoms with Crippen LogP contribution in [0, 0.1) is 5.41 Å². The number of ether oxygens (including phenoxy) is 1. The lowest BCUT2D eigenvalue weighted by atomic mass is 9.89. The van der Waals surface area contributed by atoms with Gasteiger partial charge in [0.05, 0.1) is 0 Å². The topological polar surface area (TPSA) is 52.3 Å². The van der Waals surface area contributed by atoms with Crippen molar-refractivity contribution in [3.63, 3.8) is 0 Å². The first-order valence-corrected chi connectivity index (χ1v) is 6.84. The highest BCUT2D eigenvalue weighted by molar-refractivity contribution is 5.75. The van der Waals surface area contributed by atoms with Crippen molar-refractivity contribution in [2.24, 2.45) is 11.1 Å². The van der Waals surface area contributed by atoms with Crippen molar-refractivity contribution in [1.29, 1.82) is 0 Å². The average Bonchev–Trinajstić information content (AvgIpc) is 2.35. The Hall–Kier alpha value is -1.35. The van der Waals surface area contributed by atoms with E-state index in [4.69, 9.17) is 10.5 Å². The molecule has 19 heavy (non-hydrogen) atoms. The summed E-state index contributed by atoms with van der Waals surface area (Å²) in [5.74, 6) is -0.308. The second-order valence-electron chi connectivity index (χ2n) is 6.15. The zero-order valence-electron chi connectivity index (χ0n) is 12.2. The smallest absolute Gasteiger partial charge is 0.323 e. The molecule has 0 bridgehead atoms. The fourth-order valence-corrected chi connectivity index (χ4v) is 1.81. The van der Waals surface area contributed by atoms with Gasteiger partial charge in [0.25, 0.3) is 0 Å². The van der Waals surface area contributed by atoms with Gasteiger partial charge in [0.1, 0.15) is 12.6 Å². The molecule has 2 N–H and O–H groups in total. The maximum absolute atomic E-state index is 11.7. The molecule has 1 aromatic rings. The normalized spacial score (nSPS) is 13.1. The van der Waals surface area contributed by atoms with Gasteiger partial charge in [-0.25, -0.2) is 0 Å². The Bertz CT molecular complexity index is 381. The molecule has 0 saturated heterocycles. The average molecular weight is 263 g/mol. The van der Waals surface area contributed by atoms with Gasteiger partial charge in [-0.3, -0.25) is 4.79 Å². The van der Waals surface area contributed by atoms with Gasteiger partial charge < -0.3 is 10.5 Å². The largest absolute Gasteiger partial charge is 0.460 e. The third kappa shape index (κ3) is 6.97. The molecule has 3 heteroatoms. The van der Waals surface area contributed by atoms with Gasteiger partial charge in [-0.15, -0.1) is 0 Å². The van der Waals surface area contributed by atoms with Crippen LogP contribution in [0.4, 0.5) is 0 Å². The molecule has 0 heterocycles. The summed E-state index contributed by atoms with van der Waals surface area (Å²) in [5, 5.41) is 0. The van der Waals surface area contributed by atoms with Crippen molar-refractivity contribution in [2.45, 2.75) is 52.7 Å². The molecule has 1 atom stereocenters. The standard InChI is InChI=1S/C16H25NO2/c1-16(2,3)11-7-10-14(17)15(18)19-12-13-8-5-4-6-9-13/h4-6,8-9,14H,7,10-12,17H2,1-3H3/t14-/m0/s1. The number of nitrogens with two attached hydrogens (primary N) is 1. The van der Waals surface area contributed by atoms with Gasteiger partial charge >= 0.3 is 5.97 Å². The van der Waals surface area contributed by atoms with Crippen LogP contribution in [0.2, 0.25) is 0 Å². The third-order valence-electron chi connectivity index (χ3n) is 2.97. The Morgan fingerprint density at radius 3 is 2.47 bits per heavy atom. The molecule has 3 nitrogen and oxygen atoms in total. The molecule has 0 aliphatic heterocycles. The molecule has 1 rings (SSSR count). The fraction of sp³-hybridized carbons (Fsp3) is 0.562. The summed E-state index contributed by atoms with van der Waals surface area (Å²) < 4.78 is 5.21. The second-order valence-corrected chi connectivity index (χ2v) is 6.15. The molecule has 0 fully saturated rings. The van der Waals surface area contributed by atoms with Crippen molar-refractivity contribution in [3.05, 3.63) is 35.9 Å². The van der Waals surface area contributed by atoms with Crippen molar-refractivity contribution in [2.75, 3.05) is 0 Å². The van der Waals surface area contributed by atoms with Crippen molar-refractivity contribution in [3.8, 4) is 0 Å². The SMILES string of the molecule is CC(C)(C)CCC[C@H](N)C(=O)OCc1ccccc1. The molecule has 0 aromatic heterocycles. The number of rotatable bonds is 6. The highest BCUT2D eigenvalue weighted by atomic mass is 16.5. The van der Waals surface area contributed by atoms with E-state index in [0.29, 0.717) is 13.0 Å². The van der Waals surface area contributed by atoms with Gasteiger partial charge in [-0.05, 0) is 23.8 Å². The predicted molar refractivity (Wildman–Crippen MR) is 77.5 cm³/mol. The van der Waals surface area contributed by atoms with Crippen LogP contribution in [0.25, 0.3) is 0 Å². The lowest BCUT2D eigenvalue weighted by molar-refractivity contribution is -0.146. The van der Waals surface area contributed by atoms with Crippen molar-refractivity contribution < 1.29 is 9.53 Å². The van der Waals surface area contributed by atoms with E-state index in [-0.39, 0.29) is 11.4 Å². The Kier molecular flexibility index (Phi) is 6.03. The quantitative estimate of drug-likeness (QED) is 0.801. The fourth-order valence-electron chi connectivity index (χ4n) is 1.81. The molecule has 0 spiro atoms. The number of carbonyl (C=O) groups excluding carboxylic acids is 1. The lowest BCUT2D eigenvalue weighted by Crippen LogP contribution is -2.32. The predicted octanol–water partition coefficient (Wildman–Crippen LogP) is 3.27. The maximum Gasteiger partial charge on any atom is 0.323 e. The minimum absolute atomic E-state index is 0.285. The Morgan fingerprint density at radius 2 is 1.89 bits per heavy atom. The van der Waals surface area contributed by atoms with E-state index >= 15 is 0 Å². The zero-order chi connectivity index (χ0) is 14.3. The Morgan fingerprint density at radius 1 is 1.26 bits per heavy atom. The summed E-state index contributed by atoms with van der Waals surface area (Å²) in [6.45, 7) is 6.86. The number of esters is 1. The minimum Gasteiger partial charge on any atom is -0.460 e. The van der Waals surface area contributed by atoms with Gasteiger partial charge in [-0.1, -0.05) is 57.5 Å².